The second-order valence-electron chi connectivity index (χ2n) is 8.21. The number of likely N-dealkylation sites (tertiary alicyclic amines) is 1. The van der Waals surface area contributed by atoms with E-state index in [2.05, 4.69) is 34.3 Å². The number of aromatic nitrogens is 3. The van der Waals surface area contributed by atoms with Gasteiger partial charge in [-0.05, 0) is 48.7 Å². The molecule has 1 aliphatic rings. The lowest BCUT2D eigenvalue weighted by molar-refractivity contribution is 0.221. The molecule has 1 unspecified atom stereocenters. The average molecular weight is 432 g/mol. The average Bonchev–Trinajstić information content (AvgIpc) is 3.24. The quantitative estimate of drug-likeness (QED) is 0.445. The molecule has 6 heteroatoms. The van der Waals surface area contributed by atoms with Crippen LogP contribution in [0.4, 0.5) is 0 Å². The summed E-state index contributed by atoms with van der Waals surface area (Å²) >= 11 is -0.769. The monoisotopic (exact) mass is 431 g/mol. The molecular weight excluding hydrogens is 404 g/mol. The molecule has 1 N–H and O–H groups in total. The van der Waals surface area contributed by atoms with Crippen LogP contribution in [0.1, 0.15) is 24.8 Å². The maximum Gasteiger partial charge on any atom is 0.190 e. The molecule has 1 fully saturated rings. The lowest BCUT2D eigenvalue weighted by atomic mass is 10.1. The summed E-state index contributed by atoms with van der Waals surface area (Å²) in [6.07, 6.45) is 11.6. The zero-order chi connectivity index (χ0) is 21.2. The van der Waals surface area contributed by atoms with Crippen LogP contribution in [0.5, 0.6) is 0 Å². The number of hydrogen-bond donors (Lipinski definition) is 1. The predicted octanol–water partition coefficient (Wildman–Crippen LogP) is 5.13. The van der Waals surface area contributed by atoms with E-state index in [1.54, 1.807) is 6.26 Å². The van der Waals surface area contributed by atoms with Gasteiger partial charge in [0.25, 0.3) is 0 Å². The number of benzene rings is 2. The van der Waals surface area contributed by atoms with Gasteiger partial charge in [0, 0.05) is 36.1 Å². The summed E-state index contributed by atoms with van der Waals surface area (Å²) in [5.74, 6) is 0. The molecule has 1 saturated heterocycles. The summed E-state index contributed by atoms with van der Waals surface area (Å²) in [6, 6.07) is 16.8. The third-order valence-electron chi connectivity index (χ3n) is 5.98. The first-order chi connectivity index (χ1) is 15.2. The van der Waals surface area contributed by atoms with Crippen molar-refractivity contribution in [2.24, 2.45) is 0 Å². The standard InChI is InChI=1S/C25H27N4OS/c1-31(30)23-7-5-6-21(14-23)24-16-27-29-18-22(15-26-25(24)29)20-10-8-19(9-11-20)17-28-12-3-2-4-13-28/h5-11,14-16,18,30H,2-4,12-13,17H2,1H3/q+1. The molecule has 0 radical (unpaired) electrons. The van der Waals surface area contributed by atoms with Gasteiger partial charge in [0.1, 0.15) is 6.26 Å². The molecule has 0 amide bonds. The van der Waals surface area contributed by atoms with Crippen LogP contribution >= 0.6 is 0 Å². The van der Waals surface area contributed by atoms with E-state index >= 15 is 0 Å². The van der Waals surface area contributed by atoms with Crippen LogP contribution in [0, 0.1) is 0 Å². The fourth-order valence-electron chi connectivity index (χ4n) is 4.25. The predicted molar refractivity (Wildman–Crippen MR) is 127 cm³/mol. The van der Waals surface area contributed by atoms with Gasteiger partial charge in [-0.15, -0.1) is 0 Å². The maximum atomic E-state index is 9.92. The van der Waals surface area contributed by atoms with Gasteiger partial charge in [-0.1, -0.05) is 42.8 Å². The topological polar surface area (TPSA) is 53.7 Å². The van der Waals surface area contributed by atoms with Crippen LogP contribution in [0.15, 0.2) is 72.0 Å². The highest BCUT2D eigenvalue weighted by molar-refractivity contribution is 7.90. The molecule has 1 aliphatic heterocycles. The van der Waals surface area contributed by atoms with Crippen molar-refractivity contribution in [3.8, 4) is 22.3 Å². The van der Waals surface area contributed by atoms with Crippen molar-refractivity contribution < 1.29 is 4.55 Å². The molecule has 31 heavy (non-hydrogen) atoms. The van der Waals surface area contributed by atoms with E-state index in [4.69, 9.17) is 4.98 Å². The van der Waals surface area contributed by atoms with E-state index in [1.807, 2.05) is 47.4 Å². The Morgan fingerprint density at radius 3 is 2.52 bits per heavy atom. The lowest BCUT2D eigenvalue weighted by Gasteiger charge is -2.26. The van der Waals surface area contributed by atoms with Crippen LogP contribution in [0.25, 0.3) is 27.9 Å². The zero-order valence-electron chi connectivity index (χ0n) is 17.7. The number of hydrogen-bond acceptors (Lipinski definition) is 4. The minimum atomic E-state index is -0.769. The Morgan fingerprint density at radius 2 is 1.74 bits per heavy atom. The fraction of sp³-hybridized carbons (Fsp3) is 0.280. The Morgan fingerprint density at radius 1 is 0.935 bits per heavy atom. The normalized spacial score (nSPS) is 15.9. The van der Waals surface area contributed by atoms with Gasteiger partial charge in [0.05, 0.1) is 6.20 Å². The highest BCUT2D eigenvalue weighted by atomic mass is 32.2. The van der Waals surface area contributed by atoms with Gasteiger partial charge in [-0.3, -0.25) is 4.90 Å². The minimum Gasteiger partial charge on any atom is -0.299 e. The molecule has 158 valence electrons. The SMILES string of the molecule is C[S+](O)c1cccc(-c2cnn3cc(-c4ccc(CN5CCCCC5)cc4)cnc23)c1. The fourth-order valence-corrected chi connectivity index (χ4v) is 4.83. The van der Waals surface area contributed by atoms with E-state index < -0.39 is 11.2 Å². The maximum absolute atomic E-state index is 9.92. The first kappa shape index (κ1) is 20.2. The number of rotatable bonds is 5. The van der Waals surface area contributed by atoms with E-state index in [9.17, 15) is 4.55 Å². The Kier molecular flexibility index (Phi) is 5.76. The van der Waals surface area contributed by atoms with Gasteiger partial charge in [-0.2, -0.15) is 9.65 Å². The molecule has 1 atom stereocenters. The minimum absolute atomic E-state index is 0.769. The van der Waals surface area contributed by atoms with Crippen LogP contribution in [0.2, 0.25) is 0 Å². The summed E-state index contributed by atoms with van der Waals surface area (Å²) in [5, 5.41) is 4.54. The second kappa shape index (κ2) is 8.83. The smallest absolute Gasteiger partial charge is 0.190 e. The summed E-state index contributed by atoms with van der Waals surface area (Å²) in [7, 11) is 0. The third kappa shape index (κ3) is 4.37. The number of nitrogens with zero attached hydrogens (tertiary/aromatic N) is 4. The van der Waals surface area contributed by atoms with Crippen LogP contribution in [-0.4, -0.2) is 43.4 Å². The Bertz CT molecular complexity index is 1180. The van der Waals surface area contributed by atoms with Crippen molar-refractivity contribution in [2.75, 3.05) is 19.3 Å². The third-order valence-corrected chi connectivity index (χ3v) is 6.92. The Labute approximate surface area is 185 Å². The molecule has 4 aromatic rings. The van der Waals surface area contributed by atoms with Crippen LogP contribution < -0.4 is 0 Å². The first-order valence-electron chi connectivity index (χ1n) is 10.8. The van der Waals surface area contributed by atoms with Crippen LogP contribution in [0.3, 0.4) is 0 Å². The lowest BCUT2D eigenvalue weighted by Crippen LogP contribution is -2.28. The molecule has 2 aromatic carbocycles. The van der Waals surface area contributed by atoms with E-state index in [0.29, 0.717) is 0 Å². The van der Waals surface area contributed by atoms with Crippen molar-refractivity contribution in [1.82, 2.24) is 19.5 Å². The summed E-state index contributed by atoms with van der Waals surface area (Å²) in [6.45, 7) is 3.46. The number of piperidine rings is 1. The highest BCUT2D eigenvalue weighted by Gasteiger charge is 2.16. The summed E-state index contributed by atoms with van der Waals surface area (Å²) in [4.78, 5) is 8.18. The second-order valence-corrected chi connectivity index (χ2v) is 9.64. The van der Waals surface area contributed by atoms with Gasteiger partial charge < -0.3 is 0 Å². The molecule has 3 heterocycles. The van der Waals surface area contributed by atoms with Gasteiger partial charge >= 0.3 is 0 Å². The van der Waals surface area contributed by atoms with Crippen molar-refractivity contribution in [2.45, 2.75) is 30.7 Å². The first-order valence-corrected chi connectivity index (χ1v) is 12.4. The van der Waals surface area contributed by atoms with Gasteiger partial charge in [0.15, 0.2) is 21.7 Å². The molecular formula is C25H27N4OS+. The molecule has 5 rings (SSSR count). The largest absolute Gasteiger partial charge is 0.299 e. The molecule has 0 saturated carbocycles. The van der Waals surface area contributed by atoms with Gasteiger partial charge in [0.2, 0.25) is 0 Å². The van der Waals surface area contributed by atoms with Crippen molar-refractivity contribution >= 4 is 16.8 Å². The van der Waals surface area contributed by atoms with Crippen molar-refractivity contribution in [3.05, 3.63) is 72.7 Å². The molecule has 0 aliphatic carbocycles. The summed E-state index contributed by atoms with van der Waals surface area (Å²) in [5.41, 5.74) is 6.35. The highest BCUT2D eigenvalue weighted by Crippen LogP contribution is 2.27. The molecule has 5 nitrogen and oxygen atoms in total. The van der Waals surface area contributed by atoms with Gasteiger partial charge in [-0.25, -0.2) is 9.50 Å². The van der Waals surface area contributed by atoms with Crippen molar-refractivity contribution in [1.29, 1.82) is 0 Å². The van der Waals surface area contributed by atoms with E-state index in [0.717, 1.165) is 39.3 Å². The number of fused-ring (bicyclic) bond motifs is 1. The van der Waals surface area contributed by atoms with E-state index in [-0.39, 0.29) is 0 Å². The summed E-state index contributed by atoms with van der Waals surface area (Å²) < 4.78 is 11.8. The Hall–Kier alpha value is -2.67. The van der Waals surface area contributed by atoms with Crippen molar-refractivity contribution in [3.63, 3.8) is 0 Å². The molecule has 0 spiro atoms. The Balaban J connectivity index is 1.39. The van der Waals surface area contributed by atoms with Crippen LogP contribution in [-0.2, 0) is 17.7 Å². The van der Waals surface area contributed by atoms with E-state index in [1.165, 1.54) is 37.9 Å². The molecule has 0 bridgehead atoms. The molecule has 2 aromatic heterocycles. The zero-order valence-corrected chi connectivity index (χ0v) is 18.6.